The molecule has 0 saturated carbocycles. The van der Waals surface area contributed by atoms with E-state index in [0.717, 1.165) is 0 Å². The summed E-state index contributed by atoms with van der Waals surface area (Å²) in [5.74, 6) is -0.153. The van der Waals surface area contributed by atoms with E-state index in [1.807, 2.05) is 0 Å². The van der Waals surface area contributed by atoms with Crippen molar-refractivity contribution in [2.75, 3.05) is 0 Å². The van der Waals surface area contributed by atoms with Crippen molar-refractivity contribution in [2.45, 2.75) is 6.92 Å². The molecule has 0 amide bonds. The lowest BCUT2D eigenvalue weighted by atomic mass is 10.3. The van der Waals surface area contributed by atoms with Gasteiger partial charge < -0.3 is 9.94 Å². The van der Waals surface area contributed by atoms with Crippen LogP contribution in [0.4, 0.5) is 0 Å². The Kier molecular flexibility index (Phi) is 1.81. The maximum atomic E-state index is 10.7. The van der Waals surface area contributed by atoms with Gasteiger partial charge in [-0.15, -0.1) is 5.10 Å². The van der Waals surface area contributed by atoms with Crippen molar-refractivity contribution in [3.05, 3.63) is 18.2 Å². The van der Waals surface area contributed by atoms with Crippen LogP contribution in [0, 0.1) is 0 Å². The quantitative estimate of drug-likeness (QED) is 0.407. The highest BCUT2D eigenvalue weighted by Gasteiger charge is 2.10. The van der Waals surface area contributed by atoms with E-state index in [1.165, 1.54) is 6.92 Å². The third kappa shape index (κ3) is 1.26. The Hall–Kier alpha value is -2.11. The van der Waals surface area contributed by atoms with Crippen molar-refractivity contribution in [3.8, 4) is 5.75 Å². The summed E-state index contributed by atoms with van der Waals surface area (Å²) in [5.41, 5.74) is 0.744. The minimum Gasteiger partial charge on any atom is -0.424 e. The fourth-order valence-corrected chi connectivity index (χ4v) is 1.15. The van der Waals surface area contributed by atoms with Crippen LogP contribution in [-0.4, -0.2) is 26.3 Å². The van der Waals surface area contributed by atoms with E-state index in [9.17, 15) is 10.0 Å². The Morgan fingerprint density at radius 2 is 2.36 bits per heavy atom. The first-order valence-corrected chi connectivity index (χ1v) is 3.90. The summed E-state index contributed by atoms with van der Waals surface area (Å²) in [4.78, 5) is 11.4. The molecule has 6 heteroatoms. The maximum Gasteiger partial charge on any atom is 0.308 e. The largest absolute Gasteiger partial charge is 0.424 e. The molecule has 14 heavy (non-hydrogen) atoms. The minimum atomic E-state index is -0.440. The first-order valence-electron chi connectivity index (χ1n) is 3.90. The topological polar surface area (TPSA) is 77.2 Å². The third-order valence-corrected chi connectivity index (χ3v) is 1.68. The second-order valence-electron chi connectivity index (χ2n) is 2.70. The van der Waals surface area contributed by atoms with Crippen molar-refractivity contribution < 1.29 is 14.7 Å². The second-order valence-corrected chi connectivity index (χ2v) is 2.70. The zero-order valence-corrected chi connectivity index (χ0v) is 7.34. The molecule has 0 fully saturated rings. The molecule has 6 nitrogen and oxygen atoms in total. The van der Waals surface area contributed by atoms with E-state index < -0.39 is 5.97 Å². The van der Waals surface area contributed by atoms with Crippen LogP contribution >= 0.6 is 0 Å². The van der Waals surface area contributed by atoms with E-state index >= 15 is 0 Å². The zero-order valence-electron chi connectivity index (χ0n) is 7.34. The van der Waals surface area contributed by atoms with E-state index in [4.69, 9.17) is 4.74 Å². The standard InChI is InChI=1S/C8H7N3O3/c1-5(12)14-7-4-2-3-6-8(7)9-10-11(6)13/h2-4,13H,1H3. The number of rotatable bonds is 1. The number of carbonyl (C=O) groups is 1. The Balaban J connectivity index is 2.59. The summed E-state index contributed by atoms with van der Waals surface area (Å²) in [5, 5.41) is 16.2. The van der Waals surface area contributed by atoms with Crippen molar-refractivity contribution in [2.24, 2.45) is 0 Å². The van der Waals surface area contributed by atoms with Crippen molar-refractivity contribution in [1.29, 1.82) is 0 Å². The van der Waals surface area contributed by atoms with Crippen LogP contribution < -0.4 is 4.74 Å². The normalized spacial score (nSPS) is 10.4. The monoisotopic (exact) mass is 193 g/mol. The summed E-state index contributed by atoms with van der Waals surface area (Å²) in [6.45, 7) is 1.29. The van der Waals surface area contributed by atoms with Gasteiger partial charge in [0.25, 0.3) is 0 Å². The number of hydrogen-bond donors (Lipinski definition) is 1. The maximum absolute atomic E-state index is 10.7. The summed E-state index contributed by atoms with van der Waals surface area (Å²) in [6, 6.07) is 4.83. The van der Waals surface area contributed by atoms with Gasteiger partial charge in [-0.3, -0.25) is 4.79 Å². The number of fused-ring (bicyclic) bond motifs is 1. The first-order chi connectivity index (χ1) is 6.68. The number of esters is 1. The zero-order chi connectivity index (χ0) is 10.1. The molecule has 0 aliphatic carbocycles. The lowest BCUT2D eigenvalue weighted by Gasteiger charge is -1.99. The van der Waals surface area contributed by atoms with E-state index in [1.54, 1.807) is 18.2 Å². The SMILES string of the molecule is CC(=O)Oc1cccc2c1nnn2O. The fraction of sp³-hybridized carbons (Fsp3) is 0.125. The number of ether oxygens (including phenoxy) is 1. The average molecular weight is 193 g/mol. The van der Waals surface area contributed by atoms with Crippen LogP contribution in [0.5, 0.6) is 5.75 Å². The molecule has 1 aromatic heterocycles. The van der Waals surface area contributed by atoms with Gasteiger partial charge in [-0.1, -0.05) is 10.9 Å². The van der Waals surface area contributed by atoms with Crippen molar-refractivity contribution in [3.63, 3.8) is 0 Å². The van der Waals surface area contributed by atoms with Gasteiger partial charge in [0.15, 0.2) is 11.3 Å². The summed E-state index contributed by atoms with van der Waals surface area (Å²) >= 11 is 0. The third-order valence-electron chi connectivity index (χ3n) is 1.68. The van der Waals surface area contributed by atoms with Gasteiger partial charge in [0.2, 0.25) is 0 Å². The van der Waals surface area contributed by atoms with Gasteiger partial charge in [-0.25, -0.2) is 0 Å². The molecule has 1 N–H and O–H groups in total. The van der Waals surface area contributed by atoms with Crippen LogP contribution in [0.2, 0.25) is 0 Å². The Morgan fingerprint density at radius 3 is 3.07 bits per heavy atom. The molecule has 1 heterocycles. The van der Waals surface area contributed by atoms with Crippen molar-refractivity contribution in [1.82, 2.24) is 15.2 Å². The second kappa shape index (κ2) is 2.99. The molecular formula is C8H7N3O3. The number of benzene rings is 1. The van der Waals surface area contributed by atoms with Crippen molar-refractivity contribution >= 4 is 17.0 Å². The Labute approximate surface area is 78.7 Å². The molecule has 0 spiro atoms. The first kappa shape index (κ1) is 8.49. The molecular weight excluding hydrogens is 186 g/mol. The van der Waals surface area contributed by atoms with Gasteiger partial charge >= 0.3 is 5.97 Å². The Morgan fingerprint density at radius 1 is 1.57 bits per heavy atom. The van der Waals surface area contributed by atoms with Gasteiger partial charge in [0, 0.05) is 6.92 Å². The highest BCUT2D eigenvalue weighted by Crippen LogP contribution is 2.22. The molecule has 0 saturated heterocycles. The van der Waals surface area contributed by atoms with E-state index in [-0.39, 0.29) is 5.75 Å². The highest BCUT2D eigenvalue weighted by atomic mass is 16.5. The van der Waals surface area contributed by atoms with Crippen LogP contribution in [0.15, 0.2) is 18.2 Å². The number of nitrogens with zero attached hydrogens (tertiary/aromatic N) is 3. The predicted octanol–water partition coefficient (Wildman–Crippen LogP) is 0.594. The molecule has 2 aromatic rings. The highest BCUT2D eigenvalue weighted by molar-refractivity contribution is 5.83. The van der Waals surface area contributed by atoms with Crippen LogP contribution in [0.25, 0.3) is 11.0 Å². The molecule has 1 aromatic carbocycles. The predicted molar refractivity (Wildman–Crippen MR) is 46.0 cm³/mol. The summed E-state index contributed by atoms with van der Waals surface area (Å²) in [7, 11) is 0. The lowest BCUT2D eigenvalue weighted by molar-refractivity contribution is -0.131. The lowest BCUT2D eigenvalue weighted by Crippen LogP contribution is -2.01. The summed E-state index contributed by atoms with van der Waals surface area (Å²) in [6.07, 6.45) is 0. The van der Waals surface area contributed by atoms with Gasteiger partial charge in [-0.2, -0.15) is 0 Å². The van der Waals surface area contributed by atoms with Crippen LogP contribution in [0.1, 0.15) is 6.92 Å². The fourth-order valence-electron chi connectivity index (χ4n) is 1.15. The minimum absolute atomic E-state index is 0.287. The number of aromatic nitrogens is 3. The number of carbonyl (C=O) groups excluding carboxylic acids is 1. The number of hydrogen-bond acceptors (Lipinski definition) is 5. The van der Waals surface area contributed by atoms with Gasteiger partial charge in [0.1, 0.15) is 5.52 Å². The van der Waals surface area contributed by atoms with E-state index in [2.05, 4.69) is 10.3 Å². The summed E-state index contributed by atoms with van der Waals surface area (Å²) < 4.78 is 4.87. The average Bonchev–Trinajstić information content (AvgIpc) is 2.49. The molecule has 0 aliphatic heterocycles. The van der Waals surface area contributed by atoms with Gasteiger partial charge in [-0.05, 0) is 17.3 Å². The molecule has 0 radical (unpaired) electrons. The molecule has 2 rings (SSSR count). The van der Waals surface area contributed by atoms with Crippen LogP contribution in [-0.2, 0) is 4.79 Å². The molecule has 0 aliphatic rings. The van der Waals surface area contributed by atoms with Gasteiger partial charge in [0.05, 0.1) is 0 Å². The molecule has 0 bridgehead atoms. The van der Waals surface area contributed by atoms with E-state index in [0.29, 0.717) is 15.9 Å². The smallest absolute Gasteiger partial charge is 0.308 e. The molecule has 0 unspecified atom stereocenters. The Bertz CT molecular complexity index is 492. The van der Waals surface area contributed by atoms with Crippen LogP contribution in [0.3, 0.4) is 0 Å². The molecule has 72 valence electrons. The molecule has 0 atom stereocenters.